The van der Waals surface area contributed by atoms with Crippen LogP contribution in [-0.4, -0.2) is 23.2 Å². The number of hydrogen-bond donors (Lipinski definition) is 2. The van der Waals surface area contributed by atoms with Gasteiger partial charge in [0.1, 0.15) is 0 Å². The van der Waals surface area contributed by atoms with Crippen molar-refractivity contribution in [3.8, 4) is 0 Å². The number of anilines is 1. The second kappa shape index (κ2) is 9.31. The number of amides is 1. The van der Waals surface area contributed by atoms with Crippen LogP contribution < -0.4 is 20.4 Å². The number of fused-ring (bicyclic) bond motifs is 1. The molecular formula is C18H27N5O4. The van der Waals surface area contributed by atoms with E-state index >= 15 is 0 Å². The summed E-state index contributed by atoms with van der Waals surface area (Å²) < 4.78 is 0.628. The summed E-state index contributed by atoms with van der Waals surface area (Å²) in [4.78, 5) is 17.3. The van der Waals surface area contributed by atoms with Gasteiger partial charge in [-0.3, -0.25) is 14.9 Å². The molecular weight excluding hydrogens is 350 g/mol. The van der Waals surface area contributed by atoms with E-state index in [1.54, 1.807) is 24.3 Å². The summed E-state index contributed by atoms with van der Waals surface area (Å²) in [5, 5.41) is 30.7. The van der Waals surface area contributed by atoms with Crippen molar-refractivity contribution >= 4 is 22.9 Å². The molecule has 0 spiro atoms. The number of aromatic nitrogens is 3. The zero-order chi connectivity index (χ0) is 19.9. The lowest BCUT2D eigenvalue weighted by molar-refractivity contribution is -0.672. The van der Waals surface area contributed by atoms with Crippen LogP contribution in [0.1, 0.15) is 52.9 Å². The van der Waals surface area contributed by atoms with Gasteiger partial charge < -0.3 is 10.4 Å². The van der Waals surface area contributed by atoms with E-state index < -0.39 is 5.60 Å². The van der Waals surface area contributed by atoms with Crippen molar-refractivity contribution in [2.24, 2.45) is 0 Å². The van der Waals surface area contributed by atoms with Gasteiger partial charge in [-0.1, -0.05) is 25.0 Å². The predicted octanol–water partition coefficient (Wildman–Crippen LogP) is 1.71. The molecule has 1 aromatic carbocycles. The van der Waals surface area contributed by atoms with E-state index in [0.717, 1.165) is 25.7 Å². The molecule has 0 aliphatic carbocycles. The van der Waals surface area contributed by atoms with Gasteiger partial charge in [0.05, 0.1) is 12.1 Å². The van der Waals surface area contributed by atoms with Crippen molar-refractivity contribution in [2.45, 2.75) is 58.5 Å². The first-order valence-corrected chi connectivity index (χ1v) is 9.11. The Balaban J connectivity index is 1.67. The highest BCUT2D eigenvalue weighted by molar-refractivity contribution is 5.74. The molecule has 0 bridgehead atoms. The third-order valence-electron chi connectivity index (χ3n) is 3.77. The van der Waals surface area contributed by atoms with Gasteiger partial charge in [-0.15, -0.1) is 0 Å². The highest BCUT2D eigenvalue weighted by Crippen LogP contribution is 2.08. The number of rotatable bonds is 9. The highest BCUT2D eigenvalue weighted by Gasteiger charge is 2.19. The summed E-state index contributed by atoms with van der Waals surface area (Å²) >= 11 is 0. The molecule has 9 heteroatoms. The van der Waals surface area contributed by atoms with Crippen LogP contribution in [0.5, 0.6) is 0 Å². The van der Waals surface area contributed by atoms with Crippen LogP contribution in [0.2, 0.25) is 0 Å². The molecule has 148 valence electrons. The normalized spacial score (nSPS) is 11.5. The lowest BCUT2D eigenvalue weighted by Crippen LogP contribution is -2.44. The third-order valence-corrected chi connectivity index (χ3v) is 3.77. The number of carbonyl (C=O) groups is 1. The van der Waals surface area contributed by atoms with Crippen LogP contribution in [0.25, 0.3) is 11.0 Å². The Morgan fingerprint density at radius 3 is 2.48 bits per heavy atom. The maximum atomic E-state index is 12.2. The van der Waals surface area contributed by atoms with Crippen LogP contribution in [0, 0.1) is 10.4 Å². The van der Waals surface area contributed by atoms with E-state index in [1.165, 1.54) is 0 Å². The minimum absolute atomic E-state index is 0.0117. The van der Waals surface area contributed by atoms with Crippen molar-refractivity contribution in [3.63, 3.8) is 0 Å². The molecule has 0 radical (unpaired) electrons. The fourth-order valence-corrected chi connectivity index (χ4v) is 2.42. The second-order valence-electron chi connectivity index (χ2n) is 7.31. The molecule has 0 fully saturated rings. The largest absolute Gasteiger partial charge is 0.739 e. The second-order valence-corrected chi connectivity index (χ2v) is 7.31. The Morgan fingerprint density at radius 1 is 1.11 bits per heavy atom. The number of hydroxylamine groups is 1. The van der Waals surface area contributed by atoms with Gasteiger partial charge in [0.25, 0.3) is 5.52 Å². The van der Waals surface area contributed by atoms with Crippen molar-refractivity contribution in [1.29, 1.82) is 0 Å². The van der Waals surface area contributed by atoms with Gasteiger partial charge in [-0.2, -0.15) is 0 Å². The summed E-state index contributed by atoms with van der Waals surface area (Å²) in [6.45, 7) is 6.12. The summed E-state index contributed by atoms with van der Waals surface area (Å²) in [5.41, 5.74) is 2.54. The molecule has 1 amide bonds. The maximum Gasteiger partial charge on any atom is 0.460 e. The number of hydrogen-bond acceptors (Lipinski definition) is 6. The Labute approximate surface area is 158 Å². The van der Waals surface area contributed by atoms with Crippen LogP contribution in [0.4, 0.5) is 5.95 Å². The van der Waals surface area contributed by atoms with Crippen LogP contribution in [-0.2, 0) is 9.63 Å². The van der Waals surface area contributed by atoms with E-state index in [1.807, 2.05) is 20.8 Å². The molecule has 2 aromatic rings. The van der Waals surface area contributed by atoms with Crippen molar-refractivity contribution in [3.05, 3.63) is 34.7 Å². The number of nitrogens with one attached hydrogen (secondary N) is 2. The topological polar surface area (TPSA) is 117 Å². The zero-order valence-corrected chi connectivity index (χ0v) is 16.0. The standard InChI is InChI=1S/C18H27N5O4/c1-18(2,3)27-21-16(24)12-6-4-5-9-13-19-17-20-23(26)15-11-8-7-10-14(15)22(17)25/h7-8,10-11H,4-6,9,12-13H2,1-3H3,(H,19,20)(H,21,24). The van der Waals surface area contributed by atoms with E-state index in [4.69, 9.17) is 4.84 Å². The molecule has 0 saturated carbocycles. The molecule has 9 nitrogen and oxygen atoms in total. The molecule has 1 aromatic heterocycles. The first-order valence-electron chi connectivity index (χ1n) is 9.11. The quantitative estimate of drug-likeness (QED) is 0.297. The molecule has 2 rings (SSSR count). The molecule has 0 aliphatic rings. The summed E-state index contributed by atoms with van der Waals surface area (Å²) in [6.07, 6.45) is 3.74. The van der Waals surface area contributed by atoms with E-state index in [-0.39, 0.29) is 22.9 Å². The van der Waals surface area contributed by atoms with Crippen LogP contribution in [0.3, 0.4) is 0 Å². The lowest BCUT2D eigenvalue weighted by atomic mass is 10.1. The zero-order valence-electron chi connectivity index (χ0n) is 16.0. The smallest absolute Gasteiger partial charge is 0.460 e. The third kappa shape index (κ3) is 6.52. The average molecular weight is 377 g/mol. The Kier molecular flexibility index (Phi) is 7.12. The van der Waals surface area contributed by atoms with E-state index in [2.05, 4.69) is 15.9 Å². The summed E-state index contributed by atoms with van der Waals surface area (Å²) in [5.74, 6) is -0.141. The number of nitrogens with zero attached hydrogens (tertiary/aromatic N) is 3. The van der Waals surface area contributed by atoms with Gasteiger partial charge in [0.2, 0.25) is 11.0 Å². The monoisotopic (exact) mass is 377 g/mol. The molecule has 2 N–H and O–H groups in total. The van der Waals surface area contributed by atoms with Gasteiger partial charge >= 0.3 is 5.95 Å². The number of unbranched alkanes of at least 4 members (excludes halogenated alkanes) is 3. The highest BCUT2D eigenvalue weighted by atomic mass is 16.7. The first kappa shape index (κ1) is 20.6. The minimum atomic E-state index is -0.404. The molecule has 27 heavy (non-hydrogen) atoms. The van der Waals surface area contributed by atoms with E-state index in [0.29, 0.717) is 22.5 Å². The van der Waals surface area contributed by atoms with Crippen LogP contribution >= 0.6 is 0 Å². The van der Waals surface area contributed by atoms with Crippen molar-refractivity contribution in [1.82, 2.24) is 10.6 Å². The summed E-state index contributed by atoms with van der Waals surface area (Å²) in [7, 11) is 0. The lowest BCUT2D eigenvalue weighted by Gasteiger charge is -2.18. The van der Waals surface area contributed by atoms with E-state index in [9.17, 15) is 15.2 Å². The number of para-hydroxylation sites is 2. The molecule has 1 heterocycles. The molecule has 0 saturated heterocycles. The Bertz CT molecular complexity index is 776. The molecule has 0 atom stereocenters. The average Bonchev–Trinajstić information content (AvgIpc) is 2.62. The first-order chi connectivity index (χ1) is 12.8. The molecule has 0 unspecified atom stereocenters. The number of carbonyl (C=O) groups excluding carboxylic acids is 1. The van der Waals surface area contributed by atoms with Crippen LogP contribution in [0.15, 0.2) is 24.3 Å². The Hall–Kier alpha value is -2.68. The van der Waals surface area contributed by atoms with Gasteiger partial charge in [-0.25, -0.2) is 10.2 Å². The van der Waals surface area contributed by atoms with Gasteiger partial charge in [-0.05, 0) is 39.7 Å². The minimum Gasteiger partial charge on any atom is -0.739 e. The fourth-order valence-electron chi connectivity index (χ4n) is 2.42. The maximum absolute atomic E-state index is 12.2. The van der Waals surface area contributed by atoms with Gasteiger partial charge in [0, 0.05) is 17.3 Å². The SMILES string of the molecule is CC(C)(C)ONC(=O)CCCCCCNc1n[n+]([O-])c2ccccc2[n+]1[O-]. The number of benzene rings is 1. The van der Waals surface area contributed by atoms with Crippen molar-refractivity contribution in [2.75, 3.05) is 11.9 Å². The summed E-state index contributed by atoms with van der Waals surface area (Å²) in [6, 6.07) is 6.51. The van der Waals surface area contributed by atoms with Gasteiger partial charge in [0.15, 0.2) is 5.52 Å². The van der Waals surface area contributed by atoms with Crippen molar-refractivity contribution < 1.29 is 19.2 Å². The Morgan fingerprint density at radius 2 is 1.78 bits per heavy atom. The predicted molar refractivity (Wildman–Crippen MR) is 100 cm³/mol. The molecule has 0 aliphatic heterocycles. The fraction of sp³-hybridized carbons (Fsp3) is 0.556.